The lowest BCUT2D eigenvalue weighted by Crippen LogP contribution is -2.63. The van der Waals surface area contributed by atoms with Gasteiger partial charge in [0, 0.05) is 50.2 Å². The number of aromatic nitrogens is 1. The van der Waals surface area contributed by atoms with E-state index in [1.54, 1.807) is 6.07 Å². The Bertz CT molecular complexity index is 3870. The summed E-state index contributed by atoms with van der Waals surface area (Å²) >= 11 is 0. The molecule has 0 fully saturated rings. The van der Waals surface area contributed by atoms with Crippen LogP contribution in [0.5, 0.6) is 0 Å². The molecule has 3 nitrogen and oxygen atoms in total. The molecule has 1 aliphatic carbocycles. The summed E-state index contributed by atoms with van der Waals surface area (Å²) < 4.78 is 20.4. The fourth-order valence-corrected chi connectivity index (χ4v) is 13.2. The summed E-state index contributed by atoms with van der Waals surface area (Å²) in [5.74, 6) is -0.240. The van der Waals surface area contributed by atoms with Gasteiger partial charge in [0.2, 0.25) is 0 Å². The van der Waals surface area contributed by atoms with Crippen LogP contribution < -0.4 is 26.2 Å². The maximum Gasteiger partial charge on any atom is 0.252 e. The Morgan fingerprint density at radius 2 is 0.922 bits per heavy atom. The predicted octanol–water partition coefficient (Wildman–Crippen LogP) is 18.1. The van der Waals surface area contributed by atoms with Gasteiger partial charge in [-0.1, -0.05) is 184 Å². The predicted molar refractivity (Wildman–Crippen MR) is 331 cm³/mol. The molecule has 3 heterocycles. The van der Waals surface area contributed by atoms with Crippen LogP contribution in [0.3, 0.4) is 0 Å². The van der Waals surface area contributed by atoms with E-state index in [-0.39, 0.29) is 39.6 Å². The van der Waals surface area contributed by atoms with Crippen molar-refractivity contribution in [2.45, 2.75) is 157 Å². The zero-order valence-electron chi connectivity index (χ0n) is 49.1. The van der Waals surface area contributed by atoms with Crippen molar-refractivity contribution in [1.29, 1.82) is 0 Å². The third-order valence-corrected chi connectivity index (χ3v) is 17.6. The number of fused-ring (bicyclic) bond motifs is 11. The summed E-state index contributed by atoms with van der Waals surface area (Å²) in [6.07, 6.45) is 0. The second-order valence-corrected chi connectivity index (χ2v) is 28.6. The Balaban J connectivity index is 1.29. The van der Waals surface area contributed by atoms with Gasteiger partial charge in [-0.05, 0) is 173 Å². The van der Waals surface area contributed by atoms with Crippen molar-refractivity contribution in [3.8, 4) is 16.8 Å². The highest BCUT2D eigenvalue weighted by molar-refractivity contribution is 7.00. The normalized spacial score (nSPS) is 15.0. The molecule has 0 saturated carbocycles. The molecule has 8 aromatic carbocycles. The van der Waals surface area contributed by atoms with Crippen LogP contribution in [0, 0.1) is 12.7 Å². The van der Waals surface area contributed by atoms with Gasteiger partial charge in [-0.15, -0.1) is 0 Å². The molecular weight excluding hydrogens is 937 g/mol. The van der Waals surface area contributed by atoms with Crippen LogP contribution in [-0.4, -0.2) is 11.3 Å². The van der Waals surface area contributed by atoms with Gasteiger partial charge in [-0.3, -0.25) is 0 Å². The van der Waals surface area contributed by atoms with E-state index in [4.69, 9.17) is 0 Å². The van der Waals surface area contributed by atoms with Crippen molar-refractivity contribution >= 4 is 79.0 Å². The SMILES string of the molecule is Cc1ccc(N2c3cc(C(C)(C)C)cc4c3B(c3cc(C(C)(C)C)ccc3N4c3ccc(C(C)(C)C)cc3)c3c2cc(-n2c4ccc(C(C)(C)C)cc4c4cc(C(C)(C)C)ccc42)c2c3C(C)(C)c3ccccc3-2)c(F)c1. The second kappa shape index (κ2) is 16.6. The Hall–Kier alpha value is -6.85. The number of nitrogens with zero attached hydrogens (tertiary/aromatic N) is 3. The molecule has 0 radical (unpaired) electrons. The van der Waals surface area contributed by atoms with E-state index in [1.165, 1.54) is 82.9 Å². The van der Waals surface area contributed by atoms with E-state index in [2.05, 4.69) is 259 Å². The first-order valence-electron chi connectivity index (χ1n) is 28.2. The third kappa shape index (κ3) is 7.78. The molecule has 2 aliphatic heterocycles. The van der Waals surface area contributed by atoms with Crippen LogP contribution in [0.25, 0.3) is 38.6 Å². The summed E-state index contributed by atoms with van der Waals surface area (Å²) in [6, 6.07) is 53.1. The average molecular weight is 1010 g/mol. The van der Waals surface area contributed by atoms with E-state index in [1.807, 2.05) is 13.0 Å². The first kappa shape index (κ1) is 50.9. The minimum atomic E-state index is -0.453. The Morgan fingerprint density at radius 3 is 1.48 bits per heavy atom. The number of anilines is 6. The standard InChI is InChI=1S/C72H77BFN3/c1-42-23-31-58(54(74)35-42)77-61-40-47(71(14,15)16)39-60-65(61)73(53-38-46(70(11,12)13)28-34-57(53)75(60)48-29-24-43(25-30-48)67(2,3)4)66-62(77)41-59(63-49-21-19-20-22-52(49)72(17,18)64(63)66)76-55-32-26-44(68(5,6)7)36-50(55)51-37-45(69(8,9)10)27-33-56(51)76/h19-41H,1-18H3. The molecule has 3 aliphatic rings. The maximum absolute atomic E-state index is 17.8. The summed E-state index contributed by atoms with van der Waals surface area (Å²) in [5.41, 5.74) is 24.6. The van der Waals surface area contributed by atoms with Gasteiger partial charge in [0.05, 0.1) is 22.4 Å². The minimum Gasteiger partial charge on any atom is -0.311 e. The maximum atomic E-state index is 17.8. The number of halogens is 1. The van der Waals surface area contributed by atoms with Crippen LogP contribution in [0.2, 0.25) is 0 Å². The summed E-state index contributed by atoms with van der Waals surface area (Å²) in [5, 5.41) is 2.49. The number of rotatable bonds is 3. The quantitative estimate of drug-likeness (QED) is 0.163. The topological polar surface area (TPSA) is 11.4 Å². The Morgan fingerprint density at radius 1 is 0.429 bits per heavy atom. The molecular formula is C72H77BFN3. The van der Waals surface area contributed by atoms with Crippen molar-refractivity contribution in [2.24, 2.45) is 0 Å². The Labute approximate surface area is 459 Å². The molecule has 0 amide bonds. The van der Waals surface area contributed by atoms with Gasteiger partial charge >= 0.3 is 0 Å². The van der Waals surface area contributed by atoms with Crippen LogP contribution >= 0.6 is 0 Å². The van der Waals surface area contributed by atoms with E-state index < -0.39 is 5.41 Å². The second-order valence-electron chi connectivity index (χ2n) is 28.6. The van der Waals surface area contributed by atoms with Crippen LogP contribution in [0.15, 0.2) is 140 Å². The van der Waals surface area contributed by atoms with E-state index in [9.17, 15) is 0 Å². The van der Waals surface area contributed by atoms with Gasteiger partial charge in [-0.25, -0.2) is 4.39 Å². The van der Waals surface area contributed by atoms with Crippen molar-refractivity contribution < 1.29 is 4.39 Å². The first-order chi connectivity index (χ1) is 35.9. The average Bonchev–Trinajstić information content (AvgIpc) is 4.02. The summed E-state index contributed by atoms with van der Waals surface area (Å²) in [6.45, 7) is 41.3. The van der Waals surface area contributed by atoms with Gasteiger partial charge in [0.25, 0.3) is 6.71 Å². The molecule has 0 spiro atoms. The lowest BCUT2D eigenvalue weighted by atomic mass is 9.32. The molecule has 12 rings (SSSR count). The van der Waals surface area contributed by atoms with E-state index in [0.717, 1.165) is 45.0 Å². The van der Waals surface area contributed by atoms with Crippen molar-refractivity contribution in [3.63, 3.8) is 0 Å². The fraction of sp³-hybridized carbons (Fsp3) is 0.333. The molecule has 1 aromatic heterocycles. The molecule has 0 saturated heterocycles. The van der Waals surface area contributed by atoms with Gasteiger partial charge < -0.3 is 14.4 Å². The summed E-state index contributed by atoms with van der Waals surface area (Å²) in [4.78, 5) is 4.86. The third-order valence-electron chi connectivity index (χ3n) is 17.6. The lowest BCUT2D eigenvalue weighted by Gasteiger charge is -2.47. The highest BCUT2D eigenvalue weighted by Crippen LogP contribution is 2.56. The van der Waals surface area contributed by atoms with E-state index in [0.29, 0.717) is 5.69 Å². The molecule has 0 unspecified atom stereocenters. The fourth-order valence-electron chi connectivity index (χ4n) is 13.2. The monoisotopic (exact) mass is 1010 g/mol. The summed E-state index contributed by atoms with van der Waals surface area (Å²) in [7, 11) is 0. The van der Waals surface area contributed by atoms with Crippen molar-refractivity contribution in [2.75, 3.05) is 9.80 Å². The zero-order chi connectivity index (χ0) is 55.0. The molecule has 5 heteroatoms. The zero-order valence-corrected chi connectivity index (χ0v) is 49.1. The van der Waals surface area contributed by atoms with Crippen molar-refractivity contribution in [1.82, 2.24) is 4.57 Å². The smallest absolute Gasteiger partial charge is 0.252 e. The first-order valence-corrected chi connectivity index (χ1v) is 28.2. The lowest BCUT2D eigenvalue weighted by molar-refractivity contribution is 0.589. The molecule has 77 heavy (non-hydrogen) atoms. The van der Waals surface area contributed by atoms with Crippen molar-refractivity contribution in [3.05, 3.63) is 190 Å². The number of hydrogen-bond donors (Lipinski definition) is 0. The van der Waals surface area contributed by atoms with Crippen LogP contribution in [-0.2, 0) is 32.5 Å². The minimum absolute atomic E-state index is 0.00769. The van der Waals surface area contributed by atoms with Gasteiger partial charge in [0.1, 0.15) is 5.82 Å². The van der Waals surface area contributed by atoms with E-state index >= 15 is 4.39 Å². The largest absolute Gasteiger partial charge is 0.311 e. The molecule has 0 atom stereocenters. The molecule has 0 N–H and O–H groups in total. The van der Waals surface area contributed by atoms with Gasteiger partial charge in [0.15, 0.2) is 0 Å². The number of aryl methyl sites for hydroxylation is 1. The molecule has 9 aromatic rings. The highest BCUT2D eigenvalue weighted by atomic mass is 19.1. The molecule has 0 bridgehead atoms. The highest BCUT2D eigenvalue weighted by Gasteiger charge is 2.51. The molecule has 390 valence electrons. The number of benzene rings is 8. The van der Waals surface area contributed by atoms with Gasteiger partial charge in [-0.2, -0.15) is 0 Å². The van der Waals surface area contributed by atoms with Crippen LogP contribution in [0.4, 0.5) is 38.5 Å². The number of hydrogen-bond acceptors (Lipinski definition) is 2. The Kier molecular flexibility index (Phi) is 11.0. The van der Waals surface area contributed by atoms with Crippen LogP contribution in [0.1, 0.15) is 162 Å².